The number of aryl methyl sites for hydroxylation is 1. The molecule has 4 N–H and O–H groups in total. The highest BCUT2D eigenvalue weighted by Crippen LogP contribution is 2.51. The van der Waals surface area contributed by atoms with Gasteiger partial charge in [0.05, 0.1) is 30.4 Å². The predicted molar refractivity (Wildman–Crippen MR) is 129 cm³/mol. The van der Waals surface area contributed by atoms with E-state index in [-0.39, 0.29) is 47.2 Å². The van der Waals surface area contributed by atoms with Gasteiger partial charge in [0, 0.05) is 34.4 Å². The molecule has 4 heterocycles. The molecule has 2 fully saturated rings. The minimum absolute atomic E-state index is 0.0444. The number of β-lactam (4-membered cyclic amide) rings is 1. The Morgan fingerprint density at radius 3 is 2.80 bits per heavy atom. The van der Waals surface area contributed by atoms with E-state index in [1.54, 1.807) is 6.92 Å². The van der Waals surface area contributed by atoms with Crippen molar-refractivity contribution < 1.29 is 28.2 Å². The van der Waals surface area contributed by atoms with Crippen molar-refractivity contribution in [2.75, 3.05) is 25.1 Å². The first-order valence-corrected chi connectivity index (χ1v) is 14.7. The fourth-order valence-electron chi connectivity index (χ4n) is 4.78. The number of aliphatic hydroxyl groups excluding tert-OH is 1. The van der Waals surface area contributed by atoms with E-state index in [2.05, 4.69) is 25.6 Å². The molecule has 4 rings (SSSR count). The van der Waals surface area contributed by atoms with Gasteiger partial charge in [-0.05, 0) is 30.8 Å². The van der Waals surface area contributed by atoms with Gasteiger partial charge in [-0.25, -0.2) is 22.6 Å². The normalized spacial score (nSPS) is 29.4. The SMILES string of the molecule is CNS(=O)(=O)CCn1nnnc1SC[C@@H]1C[C@H](SC2=C(C(=O)O)N3C(=O)[C@H]([C@@H](C)O)[C@H]3[C@H]2C)CN1. The van der Waals surface area contributed by atoms with Crippen LogP contribution in [0, 0.1) is 11.8 Å². The number of carbonyl (C=O) groups excluding carboxylic acids is 1. The summed E-state index contributed by atoms with van der Waals surface area (Å²) in [5, 5.41) is 35.4. The molecule has 3 aliphatic heterocycles. The number of fused-ring (bicyclic) bond motifs is 1. The topological polar surface area (TPSA) is 180 Å². The maximum Gasteiger partial charge on any atom is 0.353 e. The van der Waals surface area contributed by atoms with E-state index >= 15 is 0 Å². The molecule has 0 bridgehead atoms. The smallest absolute Gasteiger partial charge is 0.353 e. The third-order valence-electron chi connectivity index (χ3n) is 6.58. The van der Waals surface area contributed by atoms with E-state index in [4.69, 9.17) is 0 Å². The van der Waals surface area contributed by atoms with Gasteiger partial charge in [-0.3, -0.25) is 4.79 Å². The molecule has 0 aliphatic carbocycles. The second-order valence-electron chi connectivity index (χ2n) is 8.87. The van der Waals surface area contributed by atoms with Crippen molar-refractivity contribution in [3.8, 4) is 0 Å². The number of amides is 1. The summed E-state index contributed by atoms with van der Waals surface area (Å²) in [5.41, 5.74) is 0.0444. The van der Waals surface area contributed by atoms with E-state index in [1.807, 2.05) is 6.92 Å². The summed E-state index contributed by atoms with van der Waals surface area (Å²) in [7, 11) is -2.01. The summed E-state index contributed by atoms with van der Waals surface area (Å²) < 4.78 is 27.1. The zero-order chi connectivity index (χ0) is 25.5. The summed E-state index contributed by atoms with van der Waals surface area (Å²) in [4.78, 5) is 26.5. The second kappa shape index (κ2) is 10.3. The van der Waals surface area contributed by atoms with Crippen molar-refractivity contribution in [3.05, 3.63) is 10.6 Å². The monoisotopic (exact) mass is 547 g/mol. The van der Waals surface area contributed by atoms with E-state index in [0.29, 0.717) is 22.4 Å². The van der Waals surface area contributed by atoms with Gasteiger partial charge < -0.3 is 20.4 Å². The van der Waals surface area contributed by atoms with Crippen LogP contribution in [-0.4, -0.2) is 104 Å². The van der Waals surface area contributed by atoms with Crippen LogP contribution in [0.1, 0.15) is 20.3 Å². The maximum atomic E-state index is 12.5. The molecular formula is C19H29N7O6S3. The number of sulfonamides is 1. The van der Waals surface area contributed by atoms with Crippen LogP contribution in [-0.2, 0) is 26.2 Å². The quantitative estimate of drug-likeness (QED) is 0.195. The van der Waals surface area contributed by atoms with E-state index in [1.165, 1.54) is 40.2 Å². The third-order valence-corrected chi connectivity index (χ3v) is 10.6. The highest BCUT2D eigenvalue weighted by Gasteiger charge is 2.60. The fraction of sp³-hybridized carbons (Fsp3) is 0.737. The Morgan fingerprint density at radius 1 is 1.40 bits per heavy atom. The molecule has 2 saturated heterocycles. The second-order valence-corrected chi connectivity index (χ2v) is 13.2. The lowest BCUT2D eigenvalue weighted by molar-refractivity contribution is -0.163. The molecule has 1 aromatic heterocycles. The van der Waals surface area contributed by atoms with E-state index in [0.717, 1.165) is 6.42 Å². The van der Waals surface area contributed by atoms with Gasteiger partial charge in [0.15, 0.2) is 0 Å². The average molecular weight is 548 g/mol. The minimum atomic E-state index is -3.37. The summed E-state index contributed by atoms with van der Waals surface area (Å²) >= 11 is 2.93. The van der Waals surface area contributed by atoms with Crippen LogP contribution in [0.4, 0.5) is 0 Å². The van der Waals surface area contributed by atoms with Crippen LogP contribution in [0.25, 0.3) is 0 Å². The number of tetrazole rings is 1. The number of rotatable bonds is 11. The standard InChI is InChI=1S/C19H29N7O6S3/c1-9-14-13(10(2)27)17(28)26(14)15(18(29)30)16(9)34-12-6-11(21-7-12)8-33-19-22-23-24-25(19)4-5-35(31,32)20-3/h9-14,20-21,27H,4-8H2,1-3H3,(H,29,30)/t9-,10-,11+,12+,13-,14-/m1/s1. The molecular weight excluding hydrogens is 518 g/mol. The Bertz CT molecular complexity index is 1120. The van der Waals surface area contributed by atoms with Gasteiger partial charge in [0.1, 0.15) is 5.70 Å². The van der Waals surface area contributed by atoms with Crippen LogP contribution in [0.5, 0.6) is 0 Å². The van der Waals surface area contributed by atoms with Gasteiger partial charge in [-0.2, -0.15) is 0 Å². The van der Waals surface area contributed by atoms with Gasteiger partial charge in [-0.1, -0.05) is 18.7 Å². The number of carboxylic acids is 1. The third kappa shape index (κ3) is 5.22. The first-order valence-electron chi connectivity index (χ1n) is 11.2. The van der Waals surface area contributed by atoms with Crippen LogP contribution in [0.15, 0.2) is 15.8 Å². The highest BCUT2D eigenvalue weighted by molar-refractivity contribution is 8.03. The predicted octanol–water partition coefficient (Wildman–Crippen LogP) is -1.07. The number of aromatic nitrogens is 4. The molecule has 0 saturated carbocycles. The largest absolute Gasteiger partial charge is 0.477 e. The number of thioether (sulfide) groups is 2. The van der Waals surface area contributed by atoms with Gasteiger partial charge in [0.2, 0.25) is 21.1 Å². The minimum Gasteiger partial charge on any atom is -0.477 e. The zero-order valence-electron chi connectivity index (χ0n) is 19.5. The van der Waals surface area contributed by atoms with Crippen molar-refractivity contribution in [1.82, 2.24) is 35.1 Å². The molecule has 194 valence electrons. The number of hydrogen-bond acceptors (Lipinski definition) is 11. The molecule has 0 radical (unpaired) electrons. The molecule has 16 heteroatoms. The van der Waals surface area contributed by atoms with Crippen molar-refractivity contribution >= 4 is 45.4 Å². The lowest BCUT2D eigenvalue weighted by atomic mass is 9.79. The Morgan fingerprint density at radius 2 is 2.14 bits per heavy atom. The van der Waals surface area contributed by atoms with Gasteiger partial charge in [0.25, 0.3) is 0 Å². The van der Waals surface area contributed by atoms with E-state index in [9.17, 15) is 28.2 Å². The van der Waals surface area contributed by atoms with Crippen LogP contribution >= 0.6 is 23.5 Å². The summed E-state index contributed by atoms with van der Waals surface area (Å²) in [6.45, 7) is 4.31. The Balaban J connectivity index is 1.34. The molecule has 1 amide bonds. The van der Waals surface area contributed by atoms with Crippen molar-refractivity contribution in [1.29, 1.82) is 0 Å². The number of aliphatic carboxylic acids is 1. The summed E-state index contributed by atoms with van der Waals surface area (Å²) in [6, 6.07) is -0.180. The molecule has 13 nitrogen and oxygen atoms in total. The lowest BCUT2D eigenvalue weighted by Gasteiger charge is -2.46. The van der Waals surface area contributed by atoms with Crippen molar-refractivity contribution in [3.63, 3.8) is 0 Å². The van der Waals surface area contributed by atoms with Crippen LogP contribution < -0.4 is 10.0 Å². The number of hydrogen-bond donors (Lipinski definition) is 4. The first-order chi connectivity index (χ1) is 16.5. The average Bonchev–Trinajstić information content (AvgIpc) is 3.49. The molecule has 0 unspecified atom stereocenters. The highest BCUT2D eigenvalue weighted by atomic mass is 32.2. The maximum absolute atomic E-state index is 12.5. The zero-order valence-corrected chi connectivity index (χ0v) is 21.9. The number of carboxylic acid groups (broad SMARTS) is 1. The number of nitrogens with one attached hydrogen (secondary N) is 2. The number of aliphatic hydroxyl groups is 1. The number of carbonyl (C=O) groups is 2. The molecule has 0 spiro atoms. The van der Waals surface area contributed by atoms with Crippen LogP contribution in [0.3, 0.4) is 0 Å². The molecule has 0 aromatic carbocycles. The molecule has 3 aliphatic rings. The van der Waals surface area contributed by atoms with Crippen LogP contribution in [0.2, 0.25) is 0 Å². The van der Waals surface area contributed by atoms with Gasteiger partial charge >= 0.3 is 5.97 Å². The first kappa shape index (κ1) is 26.3. The Labute approximate surface area is 211 Å². The molecule has 35 heavy (non-hydrogen) atoms. The Hall–Kier alpha value is -1.72. The summed E-state index contributed by atoms with van der Waals surface area (Å²) in [6.07, 6.45) is -0.0374. The summed E-state index contributed by atoms with van der Waals surface area (Å²) in [5.74, 6) is -1.65. The molecule has 6 atom stereocenters. The Kier molecular flexibility index (Phi) is 7.78. The number of nitrogens with zero attached hydrogens (tertiary/aromatic N) is 5. The van der Waals surface area contributed by atoms with E-state index < -0.39 is 28.0 Å². The van der Waals surface area contributed by atoms with Crippen molar-refractivity contribution in [2.45, 2.75) is 55.4 Å². The fourth-order valence-corrected chi connectivity index (χ4v) is 7.89. The lowest BCUT2D eigenvalue weighted by Crippen LogP contribution is -2.63. The van der Waals surface area contributed by atoms with Crippen molar-refractivity contribution in [2.24, 2.45) is 11.8 Å². The molecule has 1 aromatic rings. The van der Waals surface area contributed by atoms with Gasteiger partial charge in [-0.15, -0.1) is 16.9 Å².